The number of carbonyl (C=O) groups excluding carboxylic acids is 2. The summed E-state index contributed by atoms with van der Waals surface area (Å²) < 4.78 is 5.00. The number of hydrogen-bond acceptors (Lipinski definition) is 4. The summed E-state index contributed by atoms with van der Waals surface area (Å²) in [7, 11) is 0. The molecule has 1 saturated heterocycles. The van der Waals surface area contributed by atoms with E-state index in [-0.39, 0.29) is 34.4 Å². The number of benzene rings is 1. The Morgan fingerprint density at radius 3 is 2.00 bits per heavy atom. The van der Waals surface area contributed by atoms with Gasteiger partial charge in [-0.15, -0.1) is 0 Å². The number of rotatable bonds is 3. The number of nitrogens with zero attached hydrogens (tertiary/aromatic N) is 1. The van der Waals surface area contributed by atoms with E-state index in [1.165, 1.54) is 12.5 Å². The molecule has 0 bridgehead atoms. The highest BCUT2D eigenvalue weighted by atomic mass is 16.3. The van der Waals surface area contributed by atoms with Gasteiger partial charge in [-0.2, -0.15) is 0 Å². The summed E-state index contributed by atoms with van der Waals surface area (Å²) in [5, 5.41) is 14.0. The number of amides is 2. The molecule has 31 heavy (non-hydrogen) atoms. The Kier molecular flexibility index (Phi) is 6.21. The van der Waals surface area contributed by atoms with E-state index in [1.807, 2.05) is 41.5 Å². The second kappa shape index (κ2) is 8.40. The minimum atomic E-state index is -0.293. The summed E-state index contributed by atoms with van der Waals surface area (Å²) in [5.41, 5.74) is 2.06. The molecule has 0 aliphatic carbocycles. The highest BCUT2D eigenvalue weighted by Gasteiger charge is 2.29. The Morgan fingerprint density at radius 1 is 1.00 bits per heavy atom. The van der Waals surface area contributed by atoms with Gasteiger partial charge < -0.3 is 19.7 Å². The lowest BCUT2D eigenvalue weighted by atomic mass is 9.78. The third kappa shape index (κ3) is 5.12. The van der Waals surface area contributed by atoms with Crippen molar-refractivity contribution in [2.45, 2.75) is 71.3 Å². The van der Waals surface area contributed by atoms with Crippen LogP contribution >= 0.6 is 0 Å². The molecule has 2 amide bonds. The first-order chi connectivity index (χ1) is 14.4. The fraction of sp³-hybridized carbons (Fsp3) is 0.520. The van der Waals surface area contributed by atoms with E-state index in [0.717, 1.165) is 11.1 Å². The second-order valence-electron chi connectivity index (χ2n) is 10.5. The smallest absolute Gasteiger partial charge is 0.257 e. The van der Waals surface area contributed by atoms with Crippen LogP contribution in [-0.4, -0.2) is 41.0 Å². The molecule has 2 N–H and O–H groups in total. The van der Waals surface area contributed by atoms with Crippen molar-refractivity contribution >= 4 is 11.8 Å². The molecule has 0 unspecified atom stereocenters. The predicted molar refractivity (Wildman–Crippen MR) is 121 cm³/mol. The number of hydrogen-bond donors (Lipinski definition) is 2. The van der Waals surface area contributed by atoms with Gasteiger partial charge in [0.05, 0.1) is 11.8 Å². The van der Waals surface area contributed by atoms with Crippen LogP contribution in [0, 0.1) is 0 Å². The Balaban J connectivity index is 1.73. The lowest BCUT2D eigenvalue weighted by Gasteiger charge is -2.32. The largest absolute Gasteiger partial charge is 0.507 e. The molecule has 1 aromatic carbocycles. The summed E-state index contributed by atoms with van der Waals surface area (Å²) in [6, 6.07) is 5.28. The van der Waals surface area contributed by atoms with Crippen LogP contribution in [0.25, 0.3) is 0 Å². The van der Waals surface area contributed by atoms with Gasteiger partial charge in [0.15, 0.2) is 0 Å². The quantitative estimate of drug-likeness (QED) is 0.751. The zero-order chi connectivity index (χ0) is 23.0. The predicted octanol–water partition coefficient (Wildman–Crippen LogP) is 4.61. The van der Waals surface area contributed by atoms with E-state index in [2.05, 4.69) is 5.32 Å². The van der Waals surface area contributed by atoms with E-state index in [1.54, 1.807) is 23.1 Å². The Hall–Kier alpha value is -2.76. The molecule has 2 heterocycles. The van der Waals surface area contributed by atoms with Crippen LogP contribution in [-0.2, 0) is 10.8 Å². The first-order valence-electron chi connectivity index (χ1n) is 10.9. The summed E-state index contributed by atoms with van der Waals surface area (Å²) in [6.45, 7) is 13.4. The Morgan fingerprint density at radius 2 is 1.55 bits per heavy atom. The number of likely N-dealkylation sites (tertiary alicyclic amines) is 1. The molecule has 3 rings (SSSR count). The number of aromatic hydroxyl groups is 1. The first kappa shape index (κ1) is 22.9. The second-order valence-corrected chi connectivity index (χ2v) is 10.5. The van der Waals surface area contributed by atoms with Gasteiger partial charge in [0.1, 0.15) is 12.0 Å². The average Bonchev–Trinajstić information content (AvgIpc) is 3.21. The number of phenols is 1. The van der Waals surface area contributed by atoms with Gasteiger partial charge in [-0.25, -0.2) is 0 Å². The molecule has 0 atom stereocenters. The van der Waals surface area contributed by atoms with Crippen molar-refractivity contribution in [1.29, 1.82) is 0 Å². The lowest BCUT2D eigenvalue weighted by molar-refractivity contribution is 0.0697. The molecule has 168 valence electrons. The van der Waals surface area contributed by atoms with Crippen molar-refractivity contribution < 1.29 is 19.1 Å². The van der Waals surface area contributed by atoms with Crippen molar-refractivity contribution in [2.24, 2.45) is 0 Å². The third-order valence-electron chi connectivity index (χ3n) is 5.87. The maximum Gasteiger partial charge on any atom is 0.257 e. The minimum Gasteiger partial charge on any atom is -0.507 e. The Labute approximate surface area is 184 Å². The van der Waals surface area contributed by atoms with Crippen LogP contribution in [0.3, 0.4) is 0 Å². The molecule has 0 radical (unpaired) electrons. The number of furan rings is 1. The molecular formula is C25H34N2O4. The Bertz CT molecular complexity index is 906. The van der Waals surface area contributed by atoms with Crippen molar-refractivity contribution in [3.8, 4) is 5.75 Å². The van der Waals surface area contributed by atoms with Crippen LogP contribution in [0.4, 0.5) is 0 Å². The third-order valence-corrected chi connectivity index (χ3v) is 5.87. The molecule has 2 aromatic rings. The summed E-state index contributed by atoms with van der Waals surface area (Å²) >= 11 is 0. The van der Waals surface area contributed by atoms with Gasteiger partial charge in [0, 0.05) is 35.8 Å². The molecule has 1 fully saturated rings. The van der Waals surface area contributed by atoms with Crippen molar-refractivity contribution in [3.05, 3.63) is 53.0 Å². The summed E-state index contributed by atoms with van der Waals surface area (Å²) in [6.07, 6.45) is 4.35. The van der Waals surface area contributed by atoms with Gasteiger partial charge in [0.2, 0.25) is 0 Å². The van der Waals surface area contributed by atoms with Crippen LogP contribution < -0.4 is 5.32 Å². The monoisotopic (exact) mass is 426 g/mol. The number of phenolic OH excluding ortho intramolecular Hbond substituents is 1. The summed E-state index contributed by atoms with van der Waals surface area (Å²) in [4.78, 5) is 27.4. The fourth-order valence-electron chi connectivity index (χ4n) is 3.97. The zero-order valence-corrected chi connectivity index (χ0v) is 19.4. The van der Waals surface area contributed by atoms with E-state index in [0.29, 0.717) is 37.1 Å². The number of piperidine rings is 1. The van der Waals surface area contributed by atoms with Gasteiger partial charge in [0.25, 0.3) is 11.8 Å². The van der Waals surface area contributed by atoms with Gasteiger partial charge >= 0.3 is 0 Å². The normalized spacial score (nSPS) is 15.7. The average molecular weight is 427 g/mol. The highest BCUT2D eigenvalue weighted by molar-refractivity contribution is 5.95. The van der Waals surface area contributed by atoms with Crippen molar-refractivity contribution in [1.82, 2.24) is 10.2 Å². The van der Waals surface area contributed by atoms with E-state index >= 15 is 0 Å². The fourth-order valence-corrected chi connectivity index (χ4v) is 3.97. The molecule has 0 spiro atoms. The maximum absolute atomic E-state index is 13.1. The van der Waals surface area contributed by atoms with Crippen molar-refractivity contribution in [3.63, 3.8) is 0 Å². The number of carbonyl (C=O) groups is 2. The first-order valence-corrected chi connectivity index (χ1v) is 10.9. The number of nitrogens with one attached hydrogen (secondary N) is 1. The SMILES string of the molecule is CC(C)(C)c1cc(C(=O)NC2CCN(C(=O)c3ccoc3)CC2)cc(C(C)(C)C)c1O. The molecule has 1 aliphatic heterocycles. The van der Waals surface area contributed by atoms with E-state index in [9.17, 15) is 14.7 Å². The van der Waals surface area contributed by atoms with Crippen LogP contribution in [0.5, 0.6) is 5.75 Å². The highest BCUT2D eigenvalue weighted by Crippen LogP contribution is 2.39. The van der Waals surface area contributed by atoms with Gasteiger partial charge in [-0.1, -0.05) is 41.5 Å². The molecule has 0 saturated carbocycles. The molecular weight excluding hydrogens is 392 g/mol. The molecule has 1 aromatic heterocycles. The minimum absolute atomic E-state index is 0.00544. The van der Waals surface area contributed by atoms with Crippen LogP contribution in [0.15, 0.2) is 35.1 Å². The maximum atomic E-state index is 13.1. The topological polar surface area (TPSA) is 82.8 Å². The molecule has 6 heteroatoms. The lowest BCUT2D eigenvalue weighted by Crippen LogP contribution is -2.46. The summed E-state index contributed by atoms with van der Waals surface area (Å²) in [5.74, 6) is 0.0833. The van der Waals surface area contributed by atoms with Crippen molar-refractivity contribution in [2.75, 3.05) is 13.1 Å². The van der Waals surface area contributed by atoms with Gasteiger partial charge in [-0.05, 0) is 41.9 Å². The van der Waals surface area contributed by atoms with E-state index < -0.39 is 0 Å². The zero-order valence-electron chi connectivity index (χ0n) is 19.4. The standard InChI is InChI=1S/C25H34N2O4/c1-24(2,3)19-13-17(14-20(21(19)28)25(4,5)6)22(29)26-18-7-10-27(11-8-18)23(30)16-9-12-31-15-16/h9,12-15,18,28H,7-8,10-11H2,1-6H3,(H,26,29). The van der Waals surface area contributed by atoms with Gasteiger partial charge in [-0.3, -0.25) is 9.59 Å². The molecule has 1 aliphatic rings. The van der Waals surface area contributed by atoms with Crippen LogP contribution in [0.1, 0.15) is 86.2 Å². The van der Waals surface area contributed by atoms with E-state index in [4.69, 9.17) is 4.42 Å². The van der Waals surface area contributed by atoms with Crippen LogP contribution in [0.2, 0.25) is 0 Å². The molecule has 6 nitrogen and oxygen atoms in total.